The van der Waals surface area contributed by atoms with Crippen LogP contribution in [0.5, 0.6) is 0 Å². The van der Waals surface area contributed by atoms with Gasteiger partial charge in [-0.2, -0.15) is 0 Å². The molecule has 0 saturated heterocycles. The maximum atomic E-state index is 12.9. The number of sulfone groups is 1. The molecule has 0 radical (unpaired) electrons. The average Bonchev–Trinajstić information content (AvgIpc) is 2.56. The molecule has 0 saturated carbocycles. The molecule has 3 aromatic rings. The molecule has 0 aliphatic heterocycles. The summed E-state index contributed by atoms with van der Waals surface area (Å²) in [5, 5.41) is 0.482. The van der Waals surface area contributed by atoms with Gasteiger partial charge in [-0.3, -0.25) is 0 Å². The number of aldehydes is 1. The Morgan fingerprint density at radius 3 is 2.22 bits per heavy atom. The lowest BCUT2D eigenvalue weighted by molar-refractivity contribution is -0.107. The van der Waals surface area contributed by atoms with Crippen molar-refractivity contribution in [3.8, 4) is 0 Å². The molecule has 0 amide bonds. The number of carbonyl (C=O) groups is 1. The van der Waals surface area contributed by atoms with E-state index < -0.39 is 15.1 Å². The lowest BCUT2D eigenvalue weighted by atomic mass is 10.0. The van der Waals surface area contributed by atoms with E-state index in [1.165, 1.54) is 0 Å². The Morgan fingerprint density at radius 2 is 1.52 bits per heavy atom. The highest BCUT2D eigenvalue weighted by Crippen LogP contribution is 2.32. The molecule has 0 bridgehead atoms. The van der Waals surface area contributed by atoms with Crippen molar-refractivity contribution >= 4 is 26.9 Å². The number of aryl methyl sites for hydroxylation is 1. The molecule has 116 valence electrons. The first-order chi connectivity index (χ1) is 11.0. The van der Waals surface area contributed by atoms with Crippen molar-refractivity contribution in [2.45, 2.75) is 17.1 Å². The van der Waals surface area contributed by atoms with Crippen molar-refractivity contribution in [1.29, 1.82) is 0 Å². The minimum Gasteiger partial charge on any atom is -0.302 e. The first-order valence-electron chi connectivity index (χ1n) is 7.27. The summed E-state index contributed by atoms with van der Waals surface area (Å²) in [4.78, 5) is 11.8. The van der Waals surface area contributed by atoms with E-state index in [2.05, 4.69) is 0 Å². The molecular formula is C19H16O3S. The van der Waals surface area contributed by atoms with Gasteiger partial charge < -0.3 is 4.79 Å². The fourth-order valence-electron chi connectivity index (χ4n) is 2.69. The number of hydrogen-bond acceptors (Lipinski definition) is 3. The Morgan fingerprint density at radius 1 is 0.870 bits per heavy atom. The third kappa shape index (κ3) is 2.78. The Labute approximate surface area is 135 Å². The molecule has 1 atom stereocenters. The third-order valence-electron chi connectivity index (χ3n) is 3.94. The lowest BCUT2D eigenvalue weighted by Gasteiger charge is -2.15. The van der Waals surface area contributed by atoms with Crippen molar-refractivity contribution in [3.05, 3.63) is 77.9 Å². The summed E-state index contributed by atoms with van der Waals surface area (Å²) in [6.45, 7) is 1.89. The van der Waals surface area contributed by atoms with E-state index in [0.717, 1.165) is 16.3 Å². The maximum absolute atomic E-state index is 12.9. The van der Waals surface area contributed by atoms with Gasteiger partial charge in [0.05, 0.1) is 4.90 Å². The summed E-state index contributed by atoms with van der Waals surface area (Å²) in [7, 11) is -3.78. The van der Waals surface area contributed by atoms with Crippen molar-refractivity contribution in [2.75, 3.05) is 0 Å². The van der Waals surface area contributed by atoms with E-state index in [0.29, 0.717) is 11.8 Å². The van der Waals surface area contributed by atoms with Gasteiger partial charge in [0, 0.05) is 0 Å². The average molecular weight is 324 g/mol. The predicted molar refractivity (Wildman–Crippen MR) is 91.1 cm³/mol. The van der Waals surface area contributed by atoms with Crippen LogP contribution in [0.2, 0.25) is 0 Å². The van der Waals surface area contributed by atoms with Crippen molar-refractivity contribution in [2.24, 2.45) is 0 Å². The van der Waals surface area contributed by atoms with Gasteiger partial charge in [0.1, 0.15) is 11.5 Å². The van der Waals surface area contributed by atoms with Crippen molar-refractivity contribution in [3.63, 3.8) is 0 Å². The van der Waals surface area contributed by atoms with Gasteiger partial charge in [-0.05, 0) is 35.4 Å². The third-order valence-corrected chi connectivity index (χ3v) is 5.90. The molecule has 23 heavy (non-hydrogen) atoms. The molecule has 4 heteroatoms. The normalized spacial score (nSPS) is 12.9. The van der Waals surface area contributed by atoms with Gasteiger partial charge in [0.15, 0.2) is 9.84 Å². The fourth-order valence-corrected chi connectivity index (χ4v) is 4.18. The molecule has 0 aromatic heterocycles. The molecule has 0 aliphatic rings. The number of benzene rings is 3. The van der Waals surface area contributed by atoms with E-state index in [1.54, 1.807) is 36.4 Å². The zero-order valence-corrected chi connectivity index (χ0v) is 13.5. The van der Waals surface area contributed by atoms with E-state index in [9.17, 15) is 13.2 Å². The smallest absolute Gasteiger partial charge is 0.192 e. The van der Waals surface area contributed by atoms with E-state index in [4.69, 9.17) is 0 Å². The van der Waals surface area contributed by atoms with Crippen molar-refractivity contribution in [1.82, 2.24) is 0 Å². The van der Waals surface area contributed by atoms with Crippen LogP contribution in [-0.4, -0.2) is 14.7 Å². The van der Waals surface area contributed by atoms with Gasteiger partial charge in [-0.25, -0.2) is 8.42 Å². The highest BCUT2D eigenvalue weighted by atomic mass is 32.2. The highest BCUT2D eigenvalue weighted by Gasteiger charge is 2.29. The monoisotopic (exact) mass is 324 g/mol. The van der Waals surface area contributed by atoms with Crippen LogP contribution in [0.25, 0.3) is 10.8 Å². The summed E-state index contributed by atoms with van der Waals surface area (Å²) in [5.74, 6) is 0. The zero-order valence-electron chi connectivity index (χ0n) is 12.6. The summed E-state index contributed by atoms with van der Waals surface area (Å²) in [6, 6.07) is 19.4. The zero-order chi connectivity index (χ0) is 16.4. The summed E-state index contributed by atoms with van der Waals surface area (Å²) in [5.41, 5.74) is 1.48. The van der Waals surface area contributed by atoms with E-state index >= 15 is 0 Å². The molecule has 3 rings (SSSR count). The van der Waals surface area contributed by atoms with Crippen LogP contribution in [0.4, 0.5) is 0 Å². The molecule has 0 spiro atoms. The second kappa shape index (κ2) is 5.97. The van der Waals surface area contributed by atoms with Crippen LogP contribution < -0.4 is 0 Å². The SMILES string of the molecule is Cc1ccc(S(=O)(=O)C(C=O)c2cccc3ccccc23)cc1. The number of fused-ring (bicyclic) bond motifs is 1. The molecule has 1 unspecified atom stereocenters. The van der Waals surface area contributed by atoms with Gasteiger partial charge >= 0.3 is 0 Å². The minimum absolute atomic E-state index is 0.160. The molecule has 3 aromatic carbocycles. The molecule has 0 N–H and O–H groups in total. The molecular weight excluding hydrogens is 308 g/mol. The highest BCUT2D eigenvalue weighted by molar-refractivity contribution is 7.92. The van der Waals surface area contributed by atoms with Crippen LogP contribution in [-0.2, 0) is 14.6 Å². The molecule has 3 nitrogen and oxygen atoms in total. The number of hydrogen-bond donors (Lipinski definition) is 0. The molecule has 0 heterocycles. The number of carbonyl (C=O) groups excluding carboxylic acids is 1. The van der Waals surface area contributed by atoms with Crippen LogP contribution in [0.1, 0.15) is 16.4 Å². The Bertz CT molecular complexity index is 952. The Balaban J connectivity index is 2.19. The van der Waals surface area contributed by atoms with E-state index in [-0.39, 0.29) is 4.90 Å². The quantitative estimate of drug-likeness (QED) is 0.685. The van der Waals surface area contributed by atoms with Gasteiger partial charge in [-0.1, -0.05) is 60.2 Å². The van der Waals surface area contributed by atoms with Gasteiger partial charge in [0.2, 0.25) is 0 Å². The first kappa shape index (κ1) is 15.4. The largest absolute Gasteiger partial charge is 0.302 e. The van der Waals surface area contributed by atoms with E-state index in [1.807, 2.05) is 37.3 Å². The van der Waals surface area contributed by atoms with Gasteiger partial charge in [-0.15, -0.1) is 0 Å². The first-order valence-corrected chi connectivity index (χ1v) is 8.82. The Hall–Kier alpha value is -2.46. The molecule has 0 aliphatic carbocycles. The van der Waals surface area contributed by atoms with Crippen LogP contribution >= 0.6 is 0 Å². The van der Waals surface area contributed by atoms with Crippen LogP contribution in [0.3, 0.4) is 0 Å². The Kier molecular flexibility index (Phi) is 4.01. The lowest BCUT2D eigenvalue weighted by Crippen LogP contribution is -2.15. The van der Waals surface area contributed by atoms with Crippen molar-refractivity contribution < 1.29 is 13.2 Å². The maximum Gasteiger partial charge on any atom is 0.192 e. The second-order valence-corrected chi connectivity index (χ2v) is 7.55. The fraction of sp³-hybridized carbons (Fsp3) is 0.105. The van der Waals surface area contributed by atoms with Crippen LogP contribution in [0.15, 0.2) is 71.6 Å². The topological polar surface area (TPSA) is 51.2 Å². The standard InChI is InChI=1S/C19H16O3S/c1-14-9-11-16(12-10-14)23(21,22)19(13-20)18-8-4-6-15-5-2-3-7-17(15)18/h2-13,19H,1H3. The summed E-state index contributed by atoms with van der Waals surface area (Å²) < 4.78 is 25.8. The second-order valence-electron chi connectivity index (χ2n) is 5.48. The van der Waals surface area contributed by atoms with Gasteiger partial charge in [0.25, 0.3) is 0 Å². The summed E-state index contributed by atoms with van der Waals surface area (Å²) in [6.07, 6.45) is 0.511. The summed E-state index contributed by atoms with van der Waals surface area (Å²) >= 11 is 0. The minimum atomic E-state index is -3.78. The predicted octanol–water partition coefficient (Wildman–Crippen LogP) is 3.86. The van der Waals surface area contributed by atoms with Crippen LogP contribution in [0, 0.1) is 6.92 Å². The molecule has 0 fully saturated rings. The number of rotatable bonds is 4.